The van der Waals surface area contributed by atoms with E-state index in [1.807, 2.05) is 0 Å². The predicted molar refractivity (Wildman–Crippen MR) is 87.8 cm³/mol. The third-order valence-electron chi connectivity index (χ3n) is 3.41. The minimum Gasteiger partial charge on any atom is -0.456 e. The Bertz CT molecular complexity index is 836. The van der Waals surface area contributed by atoms with Crippen LogP contribution in [0.25, 0.3) is 11.1 Å². The van der Waals surface area contributed by atoms with Crippen molar-refractivity contribution in [3.05, 3.63) is 34.8 Å². The first kappa shape index (κ1) is 18.2. The van der Waals surface area contributed by atoms with Gasteiger partial charge in [0.2, 0.25) is 5.91 Å². The number of hydrogen-bond acceptors (Lipinski definition) is 6. The summed E-state index contributed by atoms with van der Waals surface area (Å²) in [4.78, 5) is 47.6. The van der Waals surface area contributed by atoms with Crippen LogP contribution in [0, 0.1) is 0 Å². The van der Waals surface area contributed by atoms with E-state index in [1.54, 1.807) is 38.4 Å². The van der Waals surface area contributed by atoms with E-state index in [0.717, 1.165) is 0 Å². The molecule has 0 aliphatic carbocycles. The molecule has 2 aromatic rings. The summed E-state index contributed by atoms with van der Waals surface area (Å²) >= 11 is 0. The molecule has 1 aromatic carbocycles. The maximum atomic E-state index is 11.8. The first-order valence-corrected chi connectivity index (χ1v) is 7.59. The Morgan fingerprint density at radius 2 is 1.96 bits per heavy atom. The van der Waals surface area contributed by atoms with Crippen LogP contribution in [-0.2, 0) is 25.7 Å². The number of benzene rings is 1. The average Bonchev–Trinajstić information content (AvgIpc) is 2.90. The Morgan fingerprint density at radius 3 is 2.68 bits per heavy atom. The van der Waals surface area contributed by atoms with Gasteiger partial charge in [-0.1, -0.05) is 12.1 Å². The highest BCUT2D eigenvalue weighted by atomic mass is 16.5. The number of carbonyl (C=O) groups excluding carboxylic acids is 3. The second-order valence-electron chi connectivity index (χ2n) is 5.46. The molecule has 1 aromatic heterocycles. The maximum absolute atomic E-state index is 11.8. The fourth-order valence-electron chi connectivity index (χ4n) is 2.03. The van der Waals surface area contributed by atoms with E-state index < -0.39 is 24.2 Å². The van der Waals surface area contributed by atoms with Gasteiger partial charge in [-0.3, -0.25) is 19.0 Å². The Labute approximate surface area is 143 Å². The highest BCUT2D eigenvalue weighted by Gasteiger charge is 2.13. The average molecular weight is 349 g/mol. The normalized spacial score (nSPS) is 10.5. The molecule has 9 heteroatoms. The highest BCUT2D eigenvalue weighted by molar-refractivity contribution is 5.86. The summed E-state index contributed by atoms with van der Waals surface area (Å²) in [5.41, 5.74) is 1.02. The second-order valence-corrected chi connectivity index (χ2v) is 5.46. The van der Waals surface area contributed by atoms with Crippen LogP contribution in [0.3, 0.4) is 0 Å². The molecule has 0 unspecified atom stereocenters. The number of hydrogen-bond donors (Lipinski definition) is 1. The Kier molecular flexibility index (Phi) is 5.93. The summed E-state index contributed by atoms with van der Waals surface area (Å²) in [5, 5.41) is 2.34. The lowest BCUT2D eigenvalue weighted by atomic mass is 10.3. The molecule has 0 bridgehead atoms. The number of ether oxygens (including phenoxy) is 1. The first-order chi connectivity index (χ1) is 11.9. The van der Waals surface area contributed by atoms with E-state index in [0.29, 0.717) is 11.1 Å². The zero-order chi connectivity index (χ0) is 18.4. The smallest absolute Gasteiger partial charge is 0.419 e. The Morgan fingerprint density at radius 1 is 1.24 bits per heavy atom. The number of carbonyl (C=O) groups is 3. The Balaban J connectivity index is 1.79. The maximum Gasteiger partial charge on any atom is 0.419 e. The van der Waals surface area contributed by atoms with Crippen LogP contribution in [0.1, 0.15) is 6.42 Å². The second kappa shape index (κ2) is 8.13. The van der Waals surface area contributed by atoms with Crippen molar-refractivity contribution in [1.29, 1.82) is 0 Å². The van der Waals surface area contributed by atoms with Gasteiger partial charge in [0.05, 0.1) is 18.5 Å². The number of nitrogens with one attached hydrogen (secondary N) is 1. The molecule has 0 fully saturated rings. The third kappa shape index (κ3) is 4.93. The number of fused-ring (bicyclic) bond motifs is 1. The van der Waals surface area contributed by atoms with Crippen molar-refractivity contribution in [1.82, 2.24) is 14.8 Å². The lowest BCUT2D eigenvalue weighted by Gasteiger charge is -2.11. The molecule has 0 aliphatic heterocycles. The fourth-order valence-corrected chi connectivity index (χ4v) is 2.03. The van der Waals surface area contributed by atoms with Crippen molar-refractivity contribution < 1.29 is 23.5 Å². The number of oxazole rings is 1. The van der Waals surface area contributed by atoms with Crippen molar-refractivity contribution in [2.24, 2.45) is 0 Å². The lowest BCUT2D eigenvalue weighted by molar-refractivity contribution is -0.148. The molecule has 134 valence electrons. The molecule has 0 radical (unpaired) electrons. The predicted octanol–water partition coefficient (Wildman–Crippen LogP) is -0.268. The molecular weight excluding hydrogens is 330 g/mol. The summed E-state index contributed by atoms with van der Waals surface area (Å²) in [7, 11) is 3.13. The standard InChI is InChI=1S/C16H19N3O6/c1-18(2)14(21)9-17-13(20)10-24-15(22)7-8-19-11-5-3-4-6-12(11)25-16(19)23/h3-6H,7-10H2,1-2H3,(H,17,20). The monoisotopic (exact) mass is 349 g/mol. The molecule has 1 N–H and O–H groups in total. The molecular formula is C16H19N3O6. The minimum atomic E-state index is -0.633. The number of para-hydroxylation sites is 2. The van der Waals surface area contributed by atoms with Gasteiger partial charge < -0.3 is 19.4 Å². The van der Waals surface area contributed by atoms with Crippen molar-refractivity contribution in [3.8, 4) is 0 Å². The van der Waals surface area contributed by atoms with Crippen molar-refractivity contribution in [3.63, 3.8) is 0 Å². The summed E-state index contributed by atoms with van der Waals surface area (Å²) in [5.74, 6) is -2.04. The van der Waals surface area contributed by atoms with E-state index in [4.69, 9.17) is 9.15 Å². The zero-order valence-electron chi connectivity index (χ0n) is 14.0. The van der Waals surface area contributed by atoms with Crippen LogP contribution < -0.4 is 11.1 Å². The fraction of sp³-hybridized carbons (Fsp3) is 0.375. The van der Waals surface area contributed by atoms with E-state index in [1.165, 1.54) is 9.47 Å². The van der Waals surface area contributed by atoms with Crippen LogP contribution in [-0.4, -0.2) is 54.5 Å². The van der Waals surface area contributed by atoms with E-state index >= 15 is 0 Å². The molecule has 0 atom stereocenters. The molecule has 9 nitrogen and oxygen atoms in total. The van der Waals surface area contributed by atoms with Gasteiger partial charge >= 0.3 is 11.7 Å². The number of esters is 1. The van der Waals surface area contributed by atoms with Crippen LogP contribution in [0.2, 0.25) is 0 Å². The van der Waals surface area contributed by atoms with Gasteiger partial charge in [0.15, 0.2) is 12.2 Å². The number of amides is 2. The summed E-state index contributed by atoms with van der Waals surface area (Å²) in [6, 6.07) is 6.86. The van der Waals surface area contributed by atoms with Crippen molar-refractivity contribution in [2.75, 3.05) is 27.2 Å². The van der Waals surface area contributed by atoms with Gasteiger partial charge in [-0.2, -0.15) is 0 Å². The quantitative estimate of drug-likeness (QED) is 0.689. The zero-order valence-corrected chi connectivity index (χ0v) is 14.0. The molecule has 0 saturated heterocycles. The van der Waals surface area contributed by atoms with Crippen LogP contribution in [0.5, 0.6) is 0 Å². The highest BCUT2D eigenvalue weighted by Crippen LogP contribution is 2.12. The largest absolute Gasteiger partial charge is 0.456 e. The summed E-state index contributed by atoms with van der Waals surface area (Å²) < 4.78 is 11.2. The molecule has 0 saturated carbocycles. The van der Waals surface area contributed by atoms with Crippen LogP contribution in [0.15, 0.2) is 33.5 Å². The molecule has 2 amide bonds. The third-order valence-corrected chi connectivity index (χ3v) is 3.41. The van der Waals surface area contributed by atoms with Gasteiger partial charge in [-0.15, -0.1) is 0 Å². The van der Waals surface area contributed by atoms with E-state index in [9.17, 15) is 19.2 Å². The number of nitrogens with zero attached hydrogens (tertiary/aromatic N) is 2. The number of likely N-dealkylation sites (N-methyl/N-ethyl adjacent to an activating group) is 1. The molecule has 25 heavy (non-hydrogen) atoms. The number of aryl methyl sites for hydroxylation is 1. The van der Waals surface area contributed by atoms with Crippen molar-refractivity contribution in [2.45, 2.75) is 13.0 Å². The van der Waals surface area contributed by atoms with Crippen LogP contribution >= 0.6 is 0 Å². The topological polar surface area (TPSA) is 111 Å². The van der Waals surface area contributed by atoms with E-state index in [2.05, 4.69) is 5.32 Å². The molecule has 2 rings (SSSR count). The Hall–Kier alpha value is -3.10. The first-order valence-electron chi connectivity index (χ1n) is 7.59. The molecule has 0 spiro atoms. The molecule has 1 heterocycles. The lowest BCUT2D eigenvalue weighted by Crippen LogP contribution is -2.38. The van der Waals surface area contributed by atoms with Gasteiger partial charge in [-0.05, 0) is 12.1 Å². The van der Waals surface area contributed by atoms with Gasteiger partial charge in [0, 0.05) is 20.6 Å². The van der Waals surface area contributed by atoms with Gasteiger partial charge in [0.25, 0.3) is 5.91 Å². The minimum absolute atomic E-state index is 0.0788. The van der Waals surface area contributed by atoms with E-state index in [-0.39, 0.29) is 25.4 Å². The van der Waals surface area contributed by atoms with Crippen LogP contribution in [0.4, 0.5) is 0 Å². The van der Waals surface area contributed by atoms with Gasteiger partial charge in [0.1, 0.15) is 0 Å². The molecule has 0 aliphatic rings. The number of aromatic nitrogens is 1. The number of rotatable bonds is 7. The summed E-state index contributed by atoms with van der Waals surface area (Å²) in [6.45, 7) is -0.574. The summed E-state index contributed by atoms with van der Waals surface area (Å²) in [6.07, 6.45) is -0.0899. The SMILES string of the molecule is CN(C)C(=O)CNC(=O)COC(=O)CCn1c(=O)oc2ccccc21. The van der Waals surface area contributed by atoms with Gasteiger partial charge in [-0.25, -0.2) is 4.79 Å². The van der Waals surface area contributed by atoms with Crippen molar-refractivity contribution >= 4 is 28.9 Å².